The van der Waals surface area contributed by atoms with Crippen molar-refractivity contribution in [2.24, 2.45) is 0 Å². The Balaban J connectivity index is 1.82. The highest BCUT2D eigenvalue weighted by Crippen LogP contribution is 2.32. The van der Waals surface area contributed by atoms with Crippen LogP contribution in [0.5, 0.6) is 23.0 Å². The molecule has 0 spiro atoms. The first-order valence-corrected chi connectivity index (χ1v) is 9.39. The molecule has 3 aromatic carbocycles. The van der Waals surface area contributed by atoms with Gasteiger partial charge in [-0.1, -0.05) is 12.1 Å². The van der Waals surface area contributed by atoms with Gasteiger partial charge in [0.25, 0.3) is 11.4 Å². The number of non-ortho nitro benzene ring substituents is 2. The molecule has 32 heavy (non-hydrogen) atoms. The summed E-state index contributed by atoms with van der Waals surface area (Å²) in [6, 6.07) is 15.2. The van der Waals surface area contributed by atoms with E-state index in [0.29, 0.717) is 34.1 Å². The molecule has 0 saturated heterocycles. The Hall–Kier alpha value is -4.34. The van der Waals surface area contributed by atoms with Crippen molar-refractivity contribution in [3.05, 3.63) is 92.0 Å². The molecule has 0 aromatic heterocycles. The summed E-state index contributed by atoms with van der Waals surface area (Å²) in [5.41, 5.74) is 1.12. The molecule has 0 aliphatic rings. The first-order chi connectivity index (χ1) is 15.4. The number of ether oxygens (including phenoxy) is 4. The van der Waals surface area contributed by atoms with E-state index in [0.717, 1.165) is 0 Å². The highest BCUT2D eigenvalue weighted by molar-refractivity contribution is 5.48. The molecule has 0 heterocycles. The molecule has 0 bridgehead atoms. The molecule has 166 valence electrons. The maximum Gasteiger partial charge on any atom is 0.273 e. The SMILES string of the molecule is COc1cc(COc2cccc([N+](=O)[O-])c2)c(OC)c(COc2cccc([N+](=O)[O-])c2)c1. The molecule has 3 aromatic rings. The van der Waals surface area contributed by atoms with Gasteiger partial charge in [0.2, 0.25) is 0 Å². The summed E-state index contributed by atoms with van der Waals surface area (Å²) in [6.07, 6.45) is 0. The second-order valence-electron chi connectivity index (χ2n) is 6.57. The number of methoxy groups -OCH3 is 2. The Morgan fingerprint density at radius 1 is 0.688 bits per heavy atom. The highest BCUT2D eigenvalue weighted by atomic mass is 16.6. The van der Waals surface area contributed by atoms with E-state index in [1.54, 1.807) is 24.3 Å². The van der Waals surface area contributed by atoms with Gasteiger partial charge >= 0.3 is 0 Å². The molecule has 0 aliphatic carbocycles. The number of nitro groups is 2. The van der Waals surface area contributed by atoms with Crippen LogP contribution in [0.25, 0.3) is 0 Å². The zero-order valence-electron chi connectivity index (χ0n) is 17.3. The Kier molecular flexibility index (Phi) is 7.06. The first kappa shape index (κ1) is 22.3. The molecule has 0 atom stereocenters. The van der Waals surface area contributed by atoms with Gasteiger partial charge in [-0.3, -0.25) is 20.2 Å². The topological polar surface area (TPSA) is 123 Å². The average molecular weight is 440 g/mol. The number of hydrogen-bond acceptors (Lipinski definition) is 8. The van der Waals surface area contributed by atoms with Crippen molar-refractivity contribution in [1.82, 2.24) is 0 Å². The number of nitrogens with zero attached hydrogens (tertiary/aromatic N) is 2. The third-order valence-electron chi connectivity index (χ3n) is 4.50. The summed E-state index contributed by atoms with van der Waals surface area (Å²) >= 11 is 0. The van der Waals surface area contributed by atoms with Gasteiger partial charge in [0.15, 0.2) is 0 Å². The van der Waals surface area contributed by atoms with Crippen LogP contribution in [-0.2, 0) is 13.2 Å². The first-order valence-electron chi connectivity index (χ1n) is 9.39. The molecular weight excluding hydrogens is 420 g/mol. The van der Waals surface area contributed by atoms with Crippen LogP contribution in [0, 0.1) is 20.2 Å². The van der Waals surface area contributed by atoms with E-state index in [9.17, 15) is 20.2 Å². The summed E-state index contributed by atoms with van der Waals surface area (Å²) in [5.74, 6) is 1.68. The Labute approximate surface area is 183 Å². The second kappa shape index (κ2) is 10.1. The average Bonchev–Trinajstić information content (AvgIpc) is 2.81. The summed E-state index contributed by atoms with van der Waals surface area (Å²) in [5, 5.41) is 21.9. The van der Waals surface area contributed by atoms with E-state index in [4.69, 9.17) is 18.9 Å². The van der Waals surface area contributed by atoms with Crippen LogP contribution >= 0.6 is 0 Å². The van der Waals surface area contributed by atoms with Crippen LogP contribution in [0.3, 0.4) is 0 Å². The lowest BCUT2D eigenvalue weighted by atomic mass is 10.1. The molecule has 0 radical (unpaired) electrons. The van der Waals surface area contributed by atoms with E-state index in [2.05, 4.69) is 0 Å². The van der Waals surface area contributed by atoms with Crippen LogP contribution < -0.4 is 18.9 Å². The standard InChI is InChI=1S/C22H20N2O8/c1-29-21-9-15(13-31-19-7-3-5-17(11-19)23(25)26)22(30-2)16(10-21)14-32-20-8-4-6-18(12-20)24(27)28/h3-12H,13-14H2,1-2H3. The molecule has 10 nitrogen and oxygen atoms in total. The zero-order valence-corrected chi connectivity index (χ0v) is 17.3. The van der Waals surface area contributed by atoms with Gasteiger partial charge in [0.05, 0.1) is 36.2 Å². The summed E-state index contributed by atoms with van der Waals surface area (Å²) < 4.78 is 22.4. The molecule has 10 heteroatoms. The monoisotopic (exact) mass is 440 g/mol. The minimum Gasteiger partial charge on any atom is -0.497 e. The molecule has 0 unspecified atom stereocenters. The number of nitro benzene ring substituents is 2. The Morgan fingerprint density at radius 2 is 1.16 bits per heavy atom. The number of rotatable bonds is 10. The maximum atomic E-state index is 11.0. The lowest BCUT2D eigenvalue weighted by Gasteiger charge is -2.17. The fourth-order valence-corrected chi connectivity index (χ4v) is 3.01. The van der Waals surface area contributed by atoms with Crippen LogP contribution in [0.1, 0.15) is 11.1 Å². The highest BCUT2D eigenvalue weighted by Gasteiger charge is 2.15. The molecule has 0 aliphatic heterocycles. The van der Waals surface area contributed by atoms with Crippen molar-refractivity contribution in [3.8, 4) is 23.0 Å². The van der Waals surface area contributed by atoms with E-state index >= 15 is 0 Å². The normalized spacial score (nSPS) is 10.3. The van der Waals surface area contributed by atoms with Gasteiger partial charge in [-0.25, -0.2) is 0 Å². The van der Waals surface area contributed by atoms with Gasteiger partial charge < -0.3 is 18.9 Å². The van der Waals surface area contributed by atoms with Crippen molar-refractivity contribution in [2.45, 2.75) is 13.2 Å². The smallest absolute Gasteiger partial charge is 0.273 e. The fourth-order valence-electron chi connectivity index (χ4n) is 3.01. The molecule has 3 rings (SSSR count). The van der Waals surface area contributed by atoms with Gasteiger partial charge in [-0.15, -0.1) is 0 Å². The number of benzene rings is 3. The molecular formula is C22H20N2O8. The van der Waals surface area contributed by atoms with E-state index in [1.807, 2.05) is 0 Å². The third kappa shape index (κ3) is 5.42. The lowest BCUT2D eigenvalue weighted by Crippen LogP contribution is -2.05. The van der Waals surface area contributed by atoms with Gasteiger partial charge in [-0.05, 0) is 24.3 Å². The van der Waals surface area contributed by atoms with Crippen LogP contribution in [0.4, 0.5) is 11.4 Å². The quantitative estimate of drug-likeness (QED) is 0.329. The maximum absolute atomic E-state index is 11.0. The Bertz CT molecular complexity index is 1050. The van der Waals surface area contributed by atoms with Crippen LogP contribution in [-0.4, -0.2) is 24.1 Å². The molecule has 0 N–H and O–H groups in total. The van der Waals surface area contributed by atoms with Crippen molar-refractivity contribution < 1.29 is 28.8 Å². The van der Waals surface area contributed by atoms with Gasteiger partial charge in [0.1, 0.15) is 36.2 Å². The van der Waals surface area contributed by atoms with Gasteiger partial charge in [0, 0.05) is 23.3 Å². The predicted molar refractivity (Wildman–Crippen MR) is 114 cm³/mol. The lowest BCUT2D eigenvalue weighted by molar-refractivity contribution is -0.385. The number of hydrogen-bond donors (Lipinski definition) is 0. The summed E-state index contributed by atoms with van der Waals surface area (Å²) in [6.45, 7) is 0.122. The van der Waals surface area contributed by atoms with E-state index < -0.39 is 9.85 Å². The van der Waals surface area contributed by atoms with Crippen LogP contribution in [0.15, 0.2) is 60.7 Å². The largest absolute Gasteiger partial charge is 0.497 e. The molecule has 0 fully saturated rings. The second-order valence-corrected chi connectivity index (χ2v) is 6.57. The van der Waals surface area contributed by atoms with Crippen LogP contribution in [0.2, 0.25) is 0 Å². The van der Waals surface area contributed by atoms with Gasteiger partial charge in [-0.2, -0.15) is 0 Å². The van der Waals surface area contributed by atoms with E-state index in [-0.39, 0.29) is 24.6 Å². The Morgan fingerprint density at radius 3 is 1.53 bits per heavy atom. The molecule has 0 amide bonds. The minimum atomic E-state index is -0.498. The molecule has 0 saturated carbocycles. The van der Waals surface area contributed by atoms with E-state index in [1.165, 1.54) is 50.6 Å². The van der Waals surface area contributed by atoms with Crippen molar-refractivity contribution in [1.29, 1.82) is 0 Å². The predicted octanol–water partition coefficient (Wildman–Crippen LogP) is 4.68. The van der Waals surface area contributed by atoms with Crippen molar-refractivity contribution in [3.63, 3.8) is 0 Å². The van der Waals surface area contributed by atoms with Crippen molar-refractivity contribution >= 4 is 11.4 Å². The summed E-state index contributed by atoms with van der Waals surface area (Å²) in [4.78, 5) is 20.9. The summed E-state index contributed by atoms with van der Waals surface area (Å²) in [7, 11) is 3.01. The minimum absolute atomic E-state index is 0.0609. The zero-order chi connectivity index (χ0) is 23.1. The van der Waals surface area contributed by atoms with Crippen molar-refractivity contribution in [2.75, 3.05) is 14.2 Å². The fraction of sp³-hybridized carbons (Fsp3) is 0.182. The third-order valence-corrected chi connectivity index (χ3v) is 4.50.